The Morgan fingerprint density at radius 3 is 2.45 bits per heavy atom. The summed E-state index contributed by atoms with van der Waals surface area (Å²) < 4.78 is 4.59. The van der Waals surface area contributed by atoms with Crippen molar-refractivity contribution < 1.29 is 14.6 Å². The van der Waals surface area contributed by atoms with Gasteiger partial charge in [-0.25, -0.2) is 0 Å². The summed E-state index contributed by atoms with van der Waals surface area (Å²) in [4.78, 5) is 11.0. The first-order chi connectivity index (χ1) is 5.04. The Morgan fingerprint density at radius 2 is 2.09 bits per heavy atom. The molecule has 0 spiro atoms. The molecule has 0 radical (unpaired) electrons. The lowest BCUT2D eigenvalue weighted by molar-refractivity contribution is -0.151. The zero-order chi connectivity index (χ0) is 8.91. The first kappa shape index (κ1) is 10.4. The van der Waals surface area contributed by atoms with Gasteiger partial charge in [0.1, 0.15) is 0 Å². The maximum absolute atomic E-state index is 11.0. The van der Waals surface area contributed by atoms with Crippen LogP contribution in [0, 0.1) is 5.41 Å². The molecule has 0 heterocycles. The lowest BCUT2D eigenvalue weighted by atomic mass is 9.88. The van der Waals surface area contributed by atoms with Gasteiger partial charge in [0.05, 0.1) is 12.5 Å². The lowest BCUT2D eigenvalue weighted by Crippen LogP contribution is -2.25. The number of carbonyl (C=O) groups excluding carboxylic acids is 1. The van der Waals surface area contributed by atoms with E-state index in [0.717, 1.165) is 0 Å². The zero-order valence-corrected chi connectivity index (χ0v) is 7.39. The molecule has 0 saturated heterocycles. The van der Waals surface area contributed by atoms with E-state index >= 15 is 0 Å². The van der Waals surface area contributed by atoms with Gasteiger partial charge in [-0.05, 0) is 26.7 Å². The Kier molecular flexibility index (Phi) is 4.11. The molecule has 0 fully saturated rings. The molecule has 0 saturated carbocycles. The van der Waals surface area contributed by atoms with Crippen molar-refractivity contribution in [3.05, 3.63) is 0 Å². The number of aliphatic hydroxyl groups is 1. The summed E-state index contributed by atoms with van der Waals surface area (Å²) in [5.41, 5.74) is -0.461. The molecule has 0 amide bonds. The van der Waals surface area contributed by atoms with Crippen molar-refractivity contribution in [2.24, 2.45) is 5.41 Å². The molecule has 3 heteroatoms. The molecule has 3 nitrogen and oxygen atoms in total. The normalized spacial score (nSPS) is 11.3. The molecule has 0 aliphatic heterocycles. The summed E-state index contributed by atoms with van der Waals surface area (Å²) in [6.45, 7) is 3.75. The topological polar surface area (TPSA) is 46.5 Å². The Morgan fingerprint density at radius 1 is 1.55 bits per heavy atom. The van der Waals surface area contributed by atoms with Crippen LogP contribution in [0.2, 0.25) is 0 Å². The van der Waals surface area contributed by atoms with Crippen LogP contribution in [0.15, 0.2) is 0 Å². The summed E-state index contributed by atoms with van der Waals surface area (Å²) in [5.74, 6) is -0.217. The quantitative estimate of drug-likeness (QED) is 0.623. The average Bonchev–Trinajstić information content (AvgIpc) is 1.99. The fourth-order valence-corrected chi connectivity index (χ4v) is 0.899. The van der Waals surface area contributed by atoms with Crippen LogP contribution >= 0.6 is 0 Å². The smallest absolute Gasteiger partial charge is 0.311 e. The number of carbonyl (C=O) groups is 1. The maximum Gasteiger partial charge on any atom is 0.311 e. The highest BCUT2D eigenvalue weighted by atomic mass is 16.5. The predicted octanol–water partition coefficient (Wildman–Crippen LogP) is 0.958. The highest BCUT2D eigenvalue weighted by Gasteiger charge is 2.27. The van der Waals surface area contributed by atoms with Crippen molar-refractivity contribution in [2.75, 3.05) is 13.7 Å². The second-order valence-corrected chi connectivity index (χ2v) is 3.20. The van der Waals surface area contributed by atoms with Gasteiger partial charge in [-0.3, -0.25) is 4.79 Å². The van der Waals surface area contributed by atoms with Crippen LogP contribution in [0.3, 0.4) is 0 Å². The highest BCUT2D eigenvalue weighted by Crippen LogP contribution is 2.23. The molecule has 1 N–H and O–H groups in total. The number of aliphatic hydroxyl groups excluding tert-OH is 1. The second kappa shape index (κ2) is 4.34. The minimum absolute atomic E-state index is 0.125. The Labute approximate surface area is 67.4 Å². The summed E-state index contributed by atoms with van der Waals surface area (Å²) in [6, 6.07) is 0. The molecular formula is C8H16O3. The number of hydrogen-bond acceptors (Lipinski definition) is 3. The fraction of sp³-hybridized carbons (Fsp3) is 0.875. The standard InChI is InChI=1S/C8H16O3/c1-8(2,5-4-6-9)7(10)11-3/h9H,4-6H2,1-3H3. The third-order valence-corrected chi connectivity index (χ3v) is 1.70. The Bertz CT molecular complexity index is 129. The molecule has 0 bridgehead atoms. The number of hydrogen-bond donors (Lipinski definition) is 1. The fourth-order valence-electron chi connectivity index (χ4n) is 0.899. The summed E-state index contributed by atoms with van der Waals surface area (Å²) in [6.07, 6.45) is 1.30. The van der Waals surface area contributed by atoms with Crippen LogP contribution in [-0.2, 0) is 9.53 Å². The second-order valence-electron chi connectivity index (χ2n) is 3.20. The minimum Gasteiger partial charge on any atom is -0.469 e. The van der Waals surface area contributed by atoms with Crippen molar-refractivity contribution >= 4 is 5.97 Å². The van der Waals surface area contributed by atoms with E-state index in [0.29, 0.717) is 12.8 Å². The van der Waals surface area contributed by atoms with Crippen molar-refractivity contribution in [1.82, 2.24) is 0 Å². The molecule has 0 aliphatic carbocycles. The van der Waals surface area contributed by atoms with Gasteiger partial charge in [0.2, 0.25) is 0 Å². The largest absolute Gasteiger partial charge is 0.469 e. The number of methoxy groups -OCH3 is 1. The van der Waals surface area contributed by atoms with Gasteiger partial charge in [0, 0.05) is 6.61 Å². The number of esters is 1. The third-order valence-electron chi connectivity index (χ3n) is 1.70. The molecular weight excluding hydrogens is 144 g/mol. The molecule has 0 aliphatic rings. The zero-order valence-electron chi connectivity index (χ0n) is 7.39. The van der Waals surface area contributed by atoms with Gasteiger partial charge in [-0.1, -0.05) is 0 Å². The Balaban J connectivity index is 3.88. The molecule has 0 aromatic heterocycles. The van der Waals surface area contributed by atoms with Gasteiger partial charge in [0.15, 0.2) is 0 Å². The van der Waals surface area contributed by atoms with Crippen molar-refractivity contribution in [3.8, 4) is 0 Å². The summed E-state index contributed by atoms with van der Waals surface area (Å²) >= 11 is 0. The highest BCUT2D eigenvalue weighted by molar-refractivity contribution is 5.75. The number of ether oxygens (including phenoxy) is 1. The molecule has 0 atom stereocenters. The van der Waals surface area contributed by atoms with E-state index in [1.54, 1.807) is 0 Å². The minimum atomic E-state index is -0.461. The van der Waals surface area contributed by atoms with Crippen LogP contribution in [0.1, 0.15) is 26.7 Å². The van der Waals surface area contributed by atoms with E-state index in [9.17, 15) is 4.79 Å². The van der Waals surface area contributed by atoms with E-state index in [-0.39, 0.29) is 12.6 Å². The lowest BCUT2D eigenvalue weighted by Gasteiger charge is -2.20. The van der Waals surface area contributed by atoms with Crippen molar-refractivity contribution in [2.45, 2.75) is 26.7 Å². The van der Waals surface area contributed by atoms with Crippen LogP contribution < -0.4 is 0 Å². The van der Waals surface area contributed by atoms with E-state index < -0.39 is 5.41 Å². The number of rotatable bonds is 4. The van der Waals surface area contributed by atoms with E-state index in [1.807, 2.05) is 13.8 Å². The van der Waals surface area contributed by atoms with Crippen LogP contribution in [0.4, 0.5) is 0 Å². The summed E-state index contributed by atoms with van der Waals surface area (Å²) in [5, 5.41) is 8.53. The van der Waals surface area contributed by atoms with Crippen LogP contribution in [0.25, 0.3) is 0 Å². The molecule has 11 heavy (non-hydrogen) atoms. The van der Waals surface area contributed by atoms with Crippen molar-refractivity contribution in [1.29, 1.82) is 0 Å². The maximum atomic E-state index is 11.0. The molecule has 0 aromatic rings. The van der Waals surface area contributed by atoms with Gasteiger partial charge in [-0.15, -0.1) is 0 Å². The van der Waals surface area contributed by atoms with Gasteiger partial charge in [-0.2, -0.15) is 0 Å². The molecule has 0 rings (SSSR count). The third kappa shape index (κ3) is 3.37. The van der Waals surface area contributed by atoms with Gasteiger partial charge in [0.25, 0.3) is 0 Å². The Hall–Kier alpha value is -0.570. The van der Waals surface area contributed by atoms with Gasteiger partial charge < -0.3 is 9.84 Å². The first-order valence-electron chi connectivity index (χ1n) is 3.74. The van der Waals surface area contributed by atoms with E-state index in [2.05, 4.69) is 4.74 Å². The van der Waals surface area contributed by atoms with Gasteiger partial charge >= 0.3 is 5.97 Å². The predicted molar refractivity (Wildman–Crippen MR) is 42.1 cm³/mol. The van der Waals surface area contributed by atoms with E-state index in [4.69, 9.17) is 5.11 Å². The monoisotopic (exact) mass is 160 g/mol. The SMILES string of the molecule is COC(=O)C(C)(C)CCCO. The van der Waals surface area contributed by atoms with E-state index in [1.165, 1.54) is 7.11 Å². The molecule has 0 aromatic carbocycles. The summed E-state index contributed by atoms with van der Waals surface area (Å²) in [7, 11) is 1.38. The molecule has 66 valence electrons. The van der Waals surface area contributed by atoms with Crippen LogP contribution in [0.5, 0.6) is 0 Å². The first-order valence-corrected chi connectivity index (χ1v) is 3.74. The average molecular weight is 160 g/mol. The van der Waals surface area contributed by atoms with Crippen molar-refractivity contribution in [3.63, 3.8) is 0 Å². The van der Waals surface area contributed by atoms with Crippen LogP contribution in [-0.4, -0.2) is 24.8 Å². The molecule has 0 unspecified atom stereocenters.